The summed E-state index contributed by atoms with van der Waals surface area (Å²) < 4.78 is 6.46. The van der Waals surface area contributed by atoms with E-state index in [9.17, 15) is 9.59 Å². The van der Waals surface area contributed by atoms with Crippen molar-refractivity contribution in [3.05, 3.63) is 52.0 Å². The molecule has 5 nitrogen and oxygen atoms in total. The van der Waals surface area contributed by atoms with Crippen molar-refractivity contribution in [3.63, 3.8) is 0 Å². The third-order valence-corrected chi connectivity index (χ3v) is 4.89. The SMILES string of the molecule is CCC(=O)Nc1cc(NC(=O)COc2ccc(C(C)(C)C)cc2Br)ccc1C. The molecule has 0 aliphatic carbocycles. The number of benzene rings is 2. The van der Waals surface area contributed by atoms with Crippen LogP contribution in [0, 0.1) is 6.92 Å². The van der Waals surface area contributed by atoms with Crippen LogP contribution in [0.2, 0.25) is 0 Å². The molecule has 0 aliphatic rings. The summed E-state index contributed by atoms with van der Waals surface area (Å²) in [5.41, 5.74) is 3.43. The molecule has 0 radical (unpaired) electrons. The number of aryl methyl sites for hydroxylation is 1. The molecular weight excluding hydrogens is 420 g/mol. The molecule has 0 spiro atoms. The summed E-state index contributed by atoms with van der Waals surface area (Å²) in [6, 6.07) is 11.3. The maximum absolute atomic E-state index is 12.3. The number of nitrogens with one attached hydrogen (secondary N) is 2. The Bertz CT molecular complexity index is 873. The van der Waals surface area contributed by atoms with E-state index < -0.39 is 0 Å². The van der Waals surface area contributed by atoms with Gasteiger partial charge in [-0.15, -0.1) is 0 Å². The molecule has 2 aromatic rings. The zero-order chi connectivity index (χ0) is 20.9. The summed E-state index contributed by atoms with van der Waals surface area (Å²) in [4.78, 5) is 23.9. The van der Waals surface area contributed by atoms with Gasteiger partial charge in [-0.3, -0.25) is 9.59 Å². The van der Waals surface area contributed by atoms with Crippen LogP contribution < -0.4 is 15.4 Å². The lowest BCUT2D eigenvalue weighted by molar-refractivity contribution is -0.118. The highest BCUT2D eigenvalue weighted by molar-refractivity contribution is 9.10. The van der Waals surface area contributed by atoms with Crippen LogP contribution >= 0.6 is 15.9 Å². The molecule has 0 bridgehead atoms. The third-order valence-electron chi connectivity index (χ3n) is 4.27. The van der Waals surface area contributed by atoms with E-state index in [0.29, 0.717) is 23.5 Å². The van der Waals surface area contributed by atoms with Crippen LogP contribution in [0.3, 0.4) is 0 Å². The van der Waals surface area contributed by atoms with E-state index in [2.05, 4.69) is 47.3 Å². The highest BCUT2D eigenvalue weighted by Gasteiger charge is 2.16. The number of anilines is 2. The van der Waals surface area contributed by atoms with E-state index >= 15 is 0 Å². The van der Waals surface area contributed by atoms with Crippen LogP contribution in [-0.2, 0) is 15.0 Å². The fourth-order valence-corrected chi connectivity index (χ4v) is 2.99. The van der Waals surface area contributed by atoms with Crippen LogP contribution in [0.5, 0.6) is 5.75 Å². The molecule has 2 N–H and O–H groups in total. The molecule has 6 heteroatoms. The van der Waals surface area contributed by atoms with E-state index in [-0.39, 0.29) is 23.8 Å². The number of rotatable bonds is 6. The second-order valence-corrected chi connectivity index (χ2v) is 8.52. The van der Waals surface area contributed by atoms with Crippen molar-refractivity contribution in [2.75, 3.05) is 17.2 Å². The topological polar surface area (TPSA) is 67.4 Å². The molecule has 0 atom stereocenters. The van der Waals surface area contributed by atoms with Gasteiger partial charge in [0.2, 0.25) is 5.91 Å². The Balaban J connectivity index is 1.99. The number of amides is 2. The monoisotopic (exact) mass is 446 g/mol. The Hall–Kier alpha value is -2.34. The van der Waals surface area contributed by atoms with Gasteiger partial charge in [-0.25, -0.2) is 0 Å². The van der Waals surface area contributed by atoms with Crippen LogP contribution in [0.1, 0.15) is 45.2 Å². The Morgan fingerprint density at radius 1 is 1.04 bits per heavy atom. The summed E-state index contributed by atoms with van der Waals surface area (Å²) in [6.07, 6.45) is 0.396. The Labute approximate surface area is 175 Å². The molecule has 2 rings (SSSR count). The van der Waals surface area contributed by atoms with Gasteiger partial charge < -0.3 is 15.4 Å². The van der Waals surface area contributed by atoms with Crippen LogP contribution in [0.15, 0.2) is 40.9 Å². The van der Waals surface area contributed by atoms with Gasteiger partial charge in [0, 0.05) is 17.8 Å². The van der Waals surface area contributed by atoms with Crippen molar-refractivity contribution in [1.29, 1.82) is 0 Å². The van der Waals surface area contributed by atoms with Gasteiger partial charge in [-0.2, -0.15) is 0 Å². The predicted octanol–water partition coefficient (Wildman–Crippen LogP) is 5.42. The maximum Gasteiger partial charge on any atom is 0.262 e. The standard InChI is InChI=1S/C22H27BrN2O3/c1-6-20(26)25-18-12-16(9-7-14(18)2)24-21(27)13-28-19-10-8-15(11-17(19)23)22(3,4)5/h7-12H,6,13H2,1-5H3,(H,24,27)(H,25,26). The average molecular weight is 447 g/mol. The first-order valence-corrected chi connectivity index (χ1v) is 10.0. The van der Waals surface area contributed by atoms with Crippen LogP contribution in [0.25, 0.3) is 0 Å². The molecule has 0 fully saturated rings. The van der Waals surface area contributed by atoms with Gasteiger partial charge in [0.25, 0.3) is 5.91 Å². The third kappa shape index (κ3) is 6.09. The van der Waals surface area contributed by atoms with E-state index in [0.717, 1.165) is 10.0 Å². The Kier molecular flexibility index (Phi) is 7.24. The van der Waals surface area contributed by atoms with E-state index in [4.69, 9.17) is 4.74 Å². The lowest BCUT2D eigenvalue weighted by Gasteiger charge is -2.20. The quantitative estimate of drug-likeness (QED) is 0.621. The summed E-state index contributed by atoms with van der Waals surface area (Å²) in [6.45, 7) is 10.0. The minimum Gasteiger partial charge on any atom is -0.483 e. The van der Waals surface area contributed by atoms with Crippen molar-refractivity contribution in [1.82, 2.24) is 0 Å². The minimum absolute atomic E-state index is 0.0365. The molecule has 150 valence electrons. The highest BCUT2D eigenvalue weighted by Crippen LogP contribution is 2.31. The van der Waals surface area contributed by atoms with Gasteiger partial charge in [0.15, 0.2) is 6.61 Å². The molecule has 2 amide bonds. The van der Waals surface area contributed by atoms with Gasteiger partial charge in [0.05, 0.1) is 4.47 Å². The van der Waals surface area contributed by atoms with E-state index in [1.165, 1.54) is 5.56 Å². The molecule has 0 unspecified atom stereocenters. The van der Waals surface area contributed by atoms with Gasteiger partial charge >= 0.3 is 0 Å². The number of ether oxygens (including phenoxy) is 1. The first-order chi connectivity index (χ1) is 13.1. The number of hydrogen-bond donors (Lipinski definition) is 2. The second-order valence-electron chi connectivity index (χ2n) is 7.66. The molecule has 28 heavy (non-hydrogen) atoms. The number of hydrogen-bond acceptors (Lipinski definition) is 3. The first-order valence-electron chi connectivity index (χ1n) is 9.23. The minimum atomic E-state index is -0.275. The average Bonchev–Trinajstić information content (AvgIpc) is 2.62. The van der Waals surface area contributed by atoms with Crippen molar-refractivity contribution in [2.24, 2.45) is 0 Å². The molecule has 0 aliphatic heterocycles. The Morgan fingerprint density at radius 2 is 1.75 bits per heavy atom. The van der Waals surface area contributed by atoms with Crippen molar-refractivity contribution in [2.45, 2.75) is 46.5 Å². The van der Waals surface area contributed by atoms with Crippen LogP contribution in [-0.4, -0.2) is 18.4 Å². The van der Waals surface area contributed by atoms with Gasteiger partial charge in [-0.1, -0.05) is 39.8 Å². The highest BCUT2D eigenvalue weighted by atomic mass is 79.9. The molecule has 0 heterocycles. The maximum atomic E-state index is 12.3. The molecular formula is C22H27BrN2O3. The van der Waals surface area contributed by atoms with Crippen LogP contribution in [0.4, 0.5) is 11.4 Å². The largest absolute Gasteiger partial charge is 0.483 e. The summed E-state index contributed by atoms with van der Waals surface area (Å²) in [7, 11) is 0. The zero-order valence-electron chi connectivity index (χ0n) is 17.0. The fraction of sp³-hybridized carbons (Fsp3) is 0.364. The fourth-order valence-electron chi connectivity index (χ4n) is 2.50. The smallest absolute Gasteiger partial charge is 0.262 e. The van der Waals surface area contributed by atoms with Crippen molar-refractivity contribution in [3.8, 4) is 5.75 Å². The lowest BCUT2D eigenvalue weighted by Crippen LogP contribution is -2.20. The second kappa shape index (κ2) is 9.24. The molecule has 0 saturated carbocycles. The number of carbonyl (C=O) groups excluding carboxylic acids is 2. The van der Waals surface area contributed by atoms with Crippen molar-refractivity contribution >= 4 is 39.1 Å². The normalized spacial score (nSPS) is 11.1. The van der Waals surface area contributed by atoms with E-state index in [1.807, 2.05) is 31.2 Å². The van der Waals surface area contributed by atoms with E-state index in [1.54, 1.807) is 19.1 Å². The number of halogens is 1. The molecule has 2 aromatic carbocycles. The molecule has 0 saturated heterocycles. The number of carbonyl (C=O) groups is 2. The summed E-state index contributed by atoms with van der Waals surface area (Å²) in [5.74, 6) is 0.268. The van der Waals surface area contributed by atoms with Gasteiger partial charge in [0.1, 0.15) is 5.75 Å². The molecule has 0 aromatic heterocycles. The lowest BCUT2D eigenvalue weighted by atomic mass is 9.87. The van der Waals surface area contributed by atoms with Gasteiger partial charge in [-0.05, 0) is 63.7 Å². The zero-order valence-corrected chi connectivity index (χ0v) is 18.6. The first kappa shape index (κ1) is 22.0. The summed E-state index contributed by atoms with van der Waals surface area (Å²) in [5, 5.41) is 5.62. The Morgan fingerprint density at radius 3 is 2.36 bits per heavy atom. The summed E-state index contributed by atoms with van der Waals surface area (Å²) >= 11 is 3.51. The predicted molar refractivity (Wildman–Crippen MR) is 117 cm³/mol. The van der Waals surface area contributed by atoms with Crippen molar-refractivity contribution < 1.29 is 14.3 Å².